The molecular formula is C12H24N2O. The van der Waals surface area contributed by atoms with Crippen LogP contribution in [0.5, 0.6) is 0 Å². The predicted molar refractivity (Wildman–Crippen MR) is 61.5 cm³/mol. The minimum atomic E-state index is -0.146. The molecule has 0 radical (unpaired) electrons. The van der Waals surface area contributed by atoms with Gasteiger partial charge in [-0.3, -0.25) is 0 Å². The summed E-state index contributed by atoms with van der Waals surface area (Å²) in [5.74, 6) is 1.19. The van der Waals surface area contributed by atoms with Crippen molar-refractivity contribution < 1.29 is 5.11 Å². The van der Waals surface area contributed by atoms with Gasteiger partial charge in [0.1, 0.15) is 0 Å². The third-order valence-electron chi connectivity index (χ3n) is 4.20. The minimum absolute atomic E-state index is 0.146. The first-order valence-corrected chi connectivity index (χ1v) is 6.33. The maximum atomic E-state index is 9.53. The summed E-state index contributed by atoms with van der Waals surface area (Å²) in [6, 6.07) is 0.426. The molecule has 4 atom stereocenters. The molecule has 3 N–H and O–H groups in total. The lowest BCUT2D eigenvalue weighted by molar-refractivity contribution is 0.125. The van der Waals surface area contributed by atoms with Gasteiger partial charge in [-0.2, -0.15) is 0 Å². The second-order valence-electron chi connectivity index (χ2n) is 5.40. The molecule has 15 heavy (non-hydrogen) atoms. The van der Waals surface area contributed by atoms with Crippen LogP contribution in [0.1, 0.15) is 32.6 Å². The lowest BCUT2D eigenvalue weighted by atomic mass is 10.0. The monoisotopic (exact) mass is 212 g/mol. The summed E-state index contributed by atoms with van der Waals surface area (Å²) < 4.78 is 0. The normalized spacial score (nSPS) is 39.8. The molecule has 2 rings (SSSR count). The molecule has 1 saturated carbocycles. The quantitative estimate of drug-likeness (QED) is 0.728. The van der Waals surface area contributed by atoms with E-state index in [1.165, 1.54) is 19.3 Å². The molecule has 2 aliphatic rings. The van der Waals surface area contributed by atoms with Crippen molar-refractivity contribution in [2.24, 2.45) is 17.6 Å². The number of nitrogens with two attached hydrogens (primary N) is 1. The van der Waals surface area contributed by atoms with Crippen molar-refractivity contribution in [2.75, 3.05) is 19.6 Å². The van der Waals surface area contributed by atoms with Gasteiger partial charge in [-0.25, -0.2) is 0 Å². The first kappa shape index (κ1) is 11.4. The highest BCUT2D eigenvalue weighted by molar-refractivity contribution is 4.86. The van der Waals surface area contributed by atoms with Crippen LogP contribution in [0.25, 0.3) is 0 Å². The van der Waals surface area contributed by atoms with Gasteiger partial charge in [0.25, 0.3) is 0 Å². The fourth-order valence-electron chi connectivity index (χ4n) is 3.05. The Labute approximate surface area is 92.6 Å². The lowest BCUT2D eigenvalue weighted by Gasteiger charge is -2.23. The molecule has 2 fully saturated rings. The van der Waals surface area contributed by atoms with Crippen LogP contribution in [0.2, 0.25) is 0 Å². The highest BCUT2D eigenvalue weighted by atomic mass is 16.3. The zero-order valence-corrected chi connectivity index (χ0v) is 9.73. The molecule has 0 amide bonds. The topological polar surface area (TPSA) is 49.5 Å². The maximum Gasteiger partial charge on any atom is 0.0552 e. The first-order chi connectivity index (χ1) is 7.16. The van der Waals surface area contributed by atoms with Crippen molar-refractivity contribution in [3.05, 3.63) is 0 Å². The minimum Gasteiger partial charge on any atom is -0.393 e. The zero-order valence-electron chi connectivity index (χ0n) is 9.73. The van der Waals surface area contributed by atoms with Gasteiger partial charge >= 0.3 is 0 Å². The van der Waals surface area contributed by atoms with E-state index in [0.717, 1.165) is 26.1 Å². The van der Waals surface area contributed by atoms with Gasteiger partial charge in [0.15, 0.2) is 0 Å². The molecule has 88 valence electrons. The maximum absolute atomic E-state index is 9.53. The molecule has 1 saturated heterocycles. The summed E-state index contributed by atoms with van der Waals surface area (Å²) in [7, 11) is 0. The van der Waals surface area contributed by atoms with Crippen molar-refractivity contribution in [2.45, 2.75) is 44.8 Å². The van der Waals surface area contributed by atoms with Crippen molar-refractivity contribution in [3.8, 4) is 0 Å². The van der Waals surface area contributed by atoms with E-state index in [1.54, 1.807) is 0 Å². The zero-order chi connectivity index (χ0) is 10.8. The number of likely N-dealkylation sites (tertiary alicyclic amines) is 1. The number of nitrogens with zero attached hydrogens (tertiary/aromatic N) is 1. The molecule has 1 heterocycles. The summed E-state index contributed by atoms with van der Waals surface area (Å²) in [5, 5.41) is 9.53. The van der Waals surface area contributed by atoms with E-state index in [2.05, 4.69) is 4.90 Å². The van der Waals surface area contributed by atoms with Gasteiger partial charge in [-0.05, 0) is 44.6 Å². The van der Waals surface area contributed by atoms with E-state index in [1.807, 2.05) is 6.92 Å². The van der Waals surface area contributed by atoms with Crippen LogP contribution < -0.4 is 5.73 Å². The summed E-state index contributed by atoms with van der Waals surface area (Å²) in [5.41, 5.74) is 6.08. The van der Waals surface area contributed by atoms with Crippen LogP contribution >= 0.6 is 0 Å². The number of hydrogen-bond acceptors (Lipinski definition) is 3. The van der Waals surface area contributed by atoms with E-state index in [0.29, 0.717) is 17.9 Å². The molecule has 4 unspecified atom stereocenters. The summed E-state index contributed by atoms with van der Waals surface area (Å²) in [4.78, 5) is 2.49. The molecule has 3 nitrogen and oxygen atoms in total. The van der Waals surface area contributed by atoms with Crippen LogP contribution in [0.15, 0.2) is 0 Å². The van der Waals surface area contributed by atoms with E-state index in [4.69, 9.17) is 5.73 Å². The second-order valence-corrected chi connectivity index (χ2v) is 5.40. The van der Waals surface area contributed by atoms with Crippen molar-refractivity contribution in [1.29, 1.82) is 0 Å². The third kappa shape index (κ3) is 2.71. The second kappa shape index (κ2) is 4.81. The summed E-state index contributed by atoms with van der Waals surface area (Å²) in [6.45, 7) is 5.29. The van der Waals surface area contributed by atoms with Gasteiger partial charge in [0.05, 0.1) is 6.10 Å². The molecule has 0 aromatic carbocycles. The molecule has 1 aliphatic carbocycles. The van der Waals surface area contributed by atoms with Crippen LogP contribution in [0.3, 0.4) is 0 Å². The Balaban J connectivity index is 1.77. The Hall–Kier alpha value is -0.120. The number of aliphatic hydroxyl groups excluding tert-OH is 1. The molecule has 3 heteroatoms. The van der Waals surface area contributed by atoms with Gasteiger partial charge in [0, 0.05) is 19.1 Å². The first-order valence-electron chi connectivity index (χ1n) is 6.33. The molecule has 1 aliphatic heterocycles. The Kier molecular flexibility index (Phi) is 3.65. The van der Waals surface area contributed by atoms with Crippen LogP contribution in [0.4, 0.5) is 0 Å². The average Bonchev–Trinajstić information content (AvgIpc) is 2.77. The molecule has 0 aromatic rings. The fourth-order valence-corrected chi connectivity index (χ4v) is 3.05. The van der Waals surface area contributed by atoms with Crippen LogP contribution in [-0.2, 0) is 0 Å². The van der Waals surface area contributed by atoms with Gasteiger partial charge in [-0.1, -0.05) is 6.42 Å². The van der Waals surface area contributed by atoms with E-state index in [-0.39, 0.29) is 6.10 Å². The number of aliphatic hydroxyl groups is 1. The summed E-state index contributed by atoms with van der Waals surface area (Å²) in [6.07, 6.45) is 4.82. The Morgan fingerprint density at radius 3 is 2.73 bits per heavy atom. The lowest BCUT2D eigenvalue weighted by Crippen LogP contribution is -2.35. The highest BCUT2D eigenvalue weighted by Gasteiger charge is 2.30. The SMILES string of the molecule is CC(O)C1CCN(CC2CCCC2N)C1. The number of rotatable bonds is 3. The van der Waals surface area contributed by atoms with Gasteiger partial charge in [0.2, 0.25) is 0 Å². The molecule has 0 spiro atoms. The molecular weight excluding hydrogens is 188 g/mol. The van der Waals surface area contributed by atoms with Crippen LogP contribution in [-0.4, -0.2) is 41.8 Å². The van der Waals surface area contributed by atoms with Crippen molar-refractivity contribution >= 4 is 0 Å². The van der Waals surface area contributed by atoms with Gasteiger partial charge < -0.3 is 15.7 Å². The number of hydrogen-bond donors (Lipinski definition) is 2. The Morgan fingerprint density at radius 2 is 2.20 bits per heavy atom. The fraction of sp³-hybridized carbons (Fsp3) is 1.00. The molecule has 0 aromatic heterocycles. The Bertz CT molecular complexity index is 208. The van der Waals surface area contributed by atoms with Crippen molar-refractivity contribution in [1.82, 2.24) is 4.90 Å². The molecule has 0 bridgehead atoms. The Morgan fingerprint density at radius 1 is 1.40 bits per heavy atom. The average molecular weight is 212 g/mol. The van der Waals surface area contributed by atoms with E-state index in [9.17, 15) is 5.11 Å². The van der Waals surface area contributed by atoms with Gasteiger partial charge in [-0.15, -0.1) is 0 Å². The van der Waals surface area contributed by atoms with Crippen molar-refractivity contribution in [3.63, 3.8) is 0 Å². The van der Waals surface area contributed by atoms with E-state index >= 15 is 0 Å². The smallest absolute Gasteiger partial charge is 0.0552 e. The highest BCUT2D eigenvalue weighted by Crippen LogP contribution is 2.27. The van der Waals surface area contributed by atoms with Crippen LogP contribution in [0, 0.1) is 11.8 Å². The third-order valence-corrected chi connectivity index (χ3v) is 4.20. The predicted octanol–water partition coefficient (Wildman–Crippen LogP) is 0.817. The summed E-state index contributed by atoms with van der Waals surface area (Å²) >= 11 is 0. The van der Waals surface area contributed by atoms with E-state index < -0.39 is 0 Å². The largest absolute Gasteiger partial charge is 0.393 e. The standard InChI is InChI=1S/C12H24N2O/c1-9(15)10-5-6-14(7-10)8-11-3-2-4-12(11)13/h9-12,15H,2-8,13H2,1H3.